The Hall–Kier alpha value is -2.67. The SMILES string of the molecule is Cc1cnn(C(C)C(=O)Nc2ccn(Cc3ccc(F)cc3Cl)n2)c1. The van der Waals surface area contributed by atoms with Crippen LogP contribution in [0.5, 0.6) is 0 Å². The average molecular weight is 362 g/mol. The summed E-state index contributed by atoms with van der Waals surface area (Å²) in [6, 6.07) is 5.46. The molecule has 0 saturated carbocycles. The number of nitrogens with one attached hydrogen (secondary N) is 1. The van der Waals surface area contributed by atoms with Crippen molar-refractivity contribution in [3.63, 3.8) is 0 Å². The summed E-state index contributed by atoms with van der Waals surface area (Å²) < 4.78 is 16.3. The fourth-order valence-electron chi connectivity index (χ4n) is 2.34. The second-order valence-electron chi connectivity index (χ2n) is 5.80. The van der Waals surface area contributed by atoms with Crippen molar-refractivity contribution in [3.05, 3.63) is 64.8 Å². The summed E-state index contributed by atoms with van der Waals surface area (Å²) in [5, 5.41) is 11.5. The monoisotopic (exact) mass is 361 g/mol. The molecule has 3 rings (SSSR count). The Kier molecular flexibility index (Phi) is 4.85. The van der Waals surface area contributed by atoms with Crippen LogP contribution in [-0.4, -0.2) is 25.5 Å². The van der Waals surface area contributed by atoms with Crippen LogP contribution in [0.1, 0.15) is 24.1 Å². The number of anilines is 1. The van der Waals surface area contributed by atoms with Gasteiger partial charge in [0.2, 0.25) is 5.91 Å². The fourth-order valence-corrected chi connectivity index (χ4v) is 2.56. The molecule has 0 aliphatic rings. The Morgan fingerprint density at radius 2 is 2.20 bits per heavy atom. The molecule has 1 aromatic carbocycles. The Labute approximate surface area is 149 Å². The topological polar surface area (TPSA) is 64.7 Å². The number of halogens is 2. The van der Waals surface area contributed by atoms with Crippen molar-refractivity contribution in [1.82, 2.24) is 19.6 Å². The molecular weight excluding hydrogens is 345 g/mol. The predicted molar refractivity (Wildman–Crippen MR) is 93.0 cm³/mol. The predicted octanol–water partition coefficient (Wildman–Crippen LogP) is 3.43. The maximum atomic E-state index is 13.1. The zero-order valence-corrected chi connectivity index (χ0v) is 14.5. The van der Waals surface area contributed by atoms with Gasteiger partial charge in [0.05, 0.1) is 12.7 Å². The highest BCUT2D eigenvalue weighted by Crippen LogP contribution is 2.19. The highest BCUT2D eigenvalue weighted by molar-refractivity contribution is 6.31. The summed E-state index contributed by atoms with van der Waals surface area (Å²) in [7, 11) is 0. The van der Waals surface area contributed by atoms with Crippen LogP contribution in [0.15, 0.2) is 42.9 Å². The van der Waals surface area contributed by atoms with Gasteiger partial charge >= 0.3 is 0 Å². The van der Waals surface area contributed by atoms with Gasteiger partial charge in [0.1, 0.15) is 11.9 Å². The van der Waals surface area contributed by atoms with Crippen LogP contribution < -0.4 is 5.32 Å². The van der Waals surface area contributed by atoms with Gasteiger partial charge in [-0.25, -0.2) is 4.39 Å². The molecule has 1 unspecified atom stereocenters. The number of carbonyl (C=O) groups is 1. The first-order chi connectivity index (χ1) is 11.9. The van der Waals surface area contributed by atoms with Crippen LogP contribution in [0.2, 0.25) is 5.02 Å². The molecule has 0 spiro atoms. The Morgan fingerprint density at radius 1 is 1.40 bits per heavy atom. The number of benzene rings is 1. The van der Waals surface area contributed by atoms with E-state index in [0.29, 0.717) is 17.4 Å². The minimum absolute atomic E-state index is 0.215. The molecule has 3 aromatic rings. The minimum atomic E-state index is -0.453. The van der Waals surface area contributed by atoms with Crippen molar-refractivity contribution < 1.29 is 9.18 Å². The molecule has 1 atom stereocenters. The van der Waals surface area contributed by atoms with E-state index in [1.54, 1.807) is 47.0 Å². The van der Waals surface area contributed by atoms with Gasteiger partial charge < -0.3 is 5.32 Å². The van der Waals surface area contributed by atoms with E-state index in [9.17, 15) is 9.18 Å². The van der Waals surface area contributed by atoms with E-state index in [4.69, 9.17) is 11.6 Å². The summed E-state index contributed by atoms with van der Waals surface area (Å²) >= 11 is 6.02. The summed E-state index contributed by atoms with van der Waals surface area (Å²) in [6.07, 6.45) is 5.22. The minimum Gasteiger partial charge on any atom is -0.307 e. The van der Waals surface area contributed by atoms with Crippen LogP contribution in [0.3, 0.4) is 0 Å². The Morgan fingerprint density at radius 3 is 2.88 bits per heavy atom. The van der Waals surface area contributed by atoms with Crippen LogP contribution in [-0.2, 0) is 11.3 Å². The van der Waals surface area contributed by atoms with E-state index in [0.717, 1.165) is 11.1 Å². The van der Waals surface area contributed by atoms with Crippen molar-refractivity contribution in [2.75, 3.05) is 5.32 Å². The normalized spacial score (nSPS) is 12.2. The van der Waals surface area contributed by atoms with Gasteiger partial charge in [-0.3, -0.25) is 14.2 Å². The van der Waals surface area contributed by atoms with Gasteiger partial charge in [0.25, 0.3) is 0 Å². The highest BCUT2D eigenvalue weighted by Gasteiger charge is 2.16. The molecular formula is C17H17ClFN5O. The lowest BCUT2D eigenvalue weighted by Gasteiger charge is -2.11. The standard InChI is InChI=1S/C17H17ClFN5O/c1-11-8-20-24(9-11)12(2)17(25)21-16-5-6-23(22-16)10-13-3-4-14(19)7-15(13)18/h3-9,12H,10H2,1-2H3,(H,21,22,25). The Balaban J connectivity index is 1.66. The number of carbonyl (C=O) groups excluding carboxylic acids is 1. The molecule has 0 aliphatic carbocycles. The maximum absolute atomic E-state index is 13.1. The van der Waals surface area contributed by atoms with E-state index in [2.05, 4.69) is 15.5 Å². The van der Waals surface area contributed by atoms with Gasteiger partial charge in [-0.05, 0) is 37.1 Å². The van der Waals surface area contributed by atoms with Crippen molar-refractivity contribution in [3.8, 4) is 0 Å². The number of aromatic nitrogens is 4. The van der Waals surface area contributed by atoms with Gasteiger partial charge in [-0.15, -0.1) is 0 Å². The maximum Gasteiger partial charge on any atom is 0.250 e. The summed E-state index contributed by atoms with van der Waals surface area (Å²) in [5.74, 6) is -0.169. The third-order valence-electron chi connectivity index (χ3n) is 3.75. The number of hydrogen-bond acceptors (Lipinski definition) is 3. The molecule has 0 radical (unpaired) electrons. The van der Waals surface area contributed by atoms with Gasteiger partial charge in [0.15, 0.2) is 5.82 Å². The van der Waals surface area contributed by atoms with Gasteiger partial charge in [0, 0.05) is 23.5 Å². The van der Waals surface area contributed by atoms with Crippen LogP contribution in [0.25, 0.3) is 0 Å². The summed E-state index contributed by atoms with van der Waals surface area (Å²) in [4.78, 5) is 12.3. The third-order valence-corrected chi connectivity index (χ3v) is 4.10. The lowest BCUT2D eigenvalue weighted by Crippen LogP contribution is -2.24. The second-order valence-corrected chi connectivity index (χ2v) is 6.20. The van der Waals surface area contributed by atoms with Crippen LogP contribution in [0.4, 0.5) is 10.2 Å². The first-order valence-electron chi connectivity index (χ1n) is 7.71. The molecule has 25 heavy (non-hydrogen) atoms. The molecule has 6 nitrogen and oxygen atoms in total. The van der Waals surface area contributed by atoms with Crippen molar-refractivity contribution in [1.29, 1.82) is 0 Å². The average Bonchev–Trinajstić information content (AvgIpc) is 3.18. The van der Waals surface area contributed by atoms with Gasteiger partial charge in [-0.1, -0.05) is 17.7 Å². The van der Waals surface area contributed by atoms with E-state index in [1.165, 1.54) is 12.1 Å². The molecule has 0 bridgehead atoms. The molecule has 0 fully saturated rings. The molecule has 1 amide bonds. The molecule has 2 aromatic heterocycles. The lowest BCUT2D eigenvalue weighted by molar-refractivity contribution is -0.119. The fraction of sp³-hybridized carbons (Fsp3) is 0.235. The molecule has 0 saturated heterocycles. The first-order valence-corrected chi connectivity index (χ1v) is 8.09. The number of nitrogens with zero attached hydrogens (tertiary/aromatic N) is 4. The second kappa shape index (κ2) is 7.06. The molecule has 0 aliphatic heterocycles. The molecule has 130 valence electrons. The Bertz CT molecular complexity index is 904. The number of aryl methyl sites for hydroxylation is 1. The lowest BCUT2D eigenvalue weighted by atomic mass is 10.2. The summed E-state index contributed by atoms with van der Waals surface area (Å²) in [5.41, 5.74) is 1.73. The summed E-state index contributed by atoms with van der Waals surface area (Å²) in [6.45, 7) is 4.05. The highest BCUT2D eigenvalue weighted by atomic mass is 35.5. The van der Waals surface area contributed by atoms with E-state index in [1.807, 2.05) is 6.92 Å². The number of hydrogen-bond donors (Lipinski definition) is 1. The van der Waals surface area contributed by atoms with Gasteiger partial charge in [-0.2, -0.15) is 10.2 Å². The van der Waals surface area contributed by atoms with Crippen LogP contribution >= 0.6 is 11.6 Å². The molecule has 1 N–H and O–H groups in total. The first kappa shape index (κ1) is 17.2. The van der Waals surface area contributed by atoms with Crippen molar-refractivity contribution in [2.45, 2.75) is 26.4 Å². The molecule has 2 heterocycles. The number of amides is 1. The van der Waals surface area contributed by atoms with E-state index >= 15 is 0 Å². The smallest absolute Gasteiger partial charge is 0.250 e. The molecule has 8 heteroatoms. The van der Waals surface area contributed by atoms with Crippen molar-refractivity contribution in [2.24, 2.45) is 0 Å². The van der Waals surface area contributed by atoms with E-state index < -0.39 is 6.04 Å². The van der Waals surface area contributed by atoms with E-state index in [-0.39, 0.29) is 11.7 Å². The zero-order chi connectivity index (χ0) is 18.0. The quantitative estimate of drug-likeness (QED) is 0.757. The van der Waals surface area contributed by atoms with Crippen molar-refractivity contribution >= 4 is 23.3 Å². The largest absolute Gasteiger partial charge is 0.307 e. The number of rotatable bonds is 5. The van der Waals surface area contributed by atoms with Crippen LogP contribution in [0, 0.1) is 12.7 Å². The third kappa shape index (κ3) is 4.06. The zero-order valence-electron chi connectivity index (χ0n) is 13.8.